The smallest absolute Gasteiger partial charge is 0.114 e. The molecule has 0 spiro atoms. The average molecular weight is 288 g/mol. The number of aromatic nitrogens is 1. The van der Waals surface area contributed by atoms with Crippen LogP contribution < -0.4 is 5.32 Å². The first-order valence-electron chi connectivity index (χ1n) is 7.10. The fourth-order valence-corrected chi connectivity index (χ4v) is 3.28. The third-order valence-corrected chi connectivity index (χ3v) is 4.52. The molecule has 2 aromatic rings. The van der Waals surface area contributed by atoms with E-state index in [-0.39, 0.29) is 6.04 Å². The molecule has 1 fully saturated rings. The highest BCUT2D eigenvalue weighted by atomic mass is 32.1. The molecule has 0 bridgehead atoms. The summed E-state index contributed by atoms with van der Waals surface area (Å²) < 4.78 is 5.16. The lowest BCUT2D eigenvalue weighted by Crippen LogP contribution is -2.26. The van der Waals surface area contributed by atoms with Crippen molar-refractivity contribution in [3.05, 3.63) is 52.0 Å². The van der Waals surface area contributed by atoms with Gasteiger partial charge in [-0.05, 0) is 29.9 Å². The minimum absolute atomic E-state index is 0.182. The second-order valence-electron chi connectivity index (χ2n) is 5.15. The molecule has 0 radical (unpaired) electrons. The van der Waals surface area contributed by atoms with Crippen LogP contribution in [-0.4, -0.2) is 25.2 Å². The van der Waals surface area contributed by atoms with Gasteiger partial charge in [0, 0.05) is 25.2 Å². The summed E-state index contributed by atoms with van der Waals surface area (Å²) in [6, 6.07) is 8.96. The van der Waals surface area contributed by atoms with Crippen LogP contribution in [0.5, 0.6) is 0 Å². The molecule has 1 aromatic heterocycles. The van der Waals surface area contributed by atoms with Gasteiger partial charge in [-0.3, -0.25) is 0 Å². The van der Waals surface area contributed by atoms with E-state index < -0.39 is 0 Å². The van der Waals surface area contributed by atoms with Crippen LogP contribution in [0.4, 0.5) is 0 Å². The standard InChI is InChI=1S/C16H20N2OS/c1-19-10-8-17-15(16-18-9-11-20-16)14-5-3-2-4-13(14)12-6-7-12/h2-5,9,11-12,15,17H,6-8,10H2,1H3. The highest BCUT2D eigenvalue weighted by Gasteiger charge is 2.29. The Hall–Kier alpha value is -1.23. The van der Waals surface area contributed by atoms with Crippen LogP contribution in [0.1, 0.15) is 40.9 Å². The Labute approximate surface area is 124 Å². The van der Waals surface area contributed by atoms with E-state index in [1.165, 1.54) is 24.0 Å². The van der Waals surface area contributed by atoms with E-state index in [0.29, 0.717) is 6.61 Å². The number of hydrogen-bond acceptors (Lipinski definition) is 4. The van der Waals surface area contributed by atoms with Gasteiger partial charge in [0.15, 0.2) is 0 Å². The Balaban J connectivity index is 1.88. The minimum Gasteiger partial charge on any atom is -0.383 e. The topological polar surface area (TPSA) is 34.1 Å². The van der Waals surface area contributed by atoms with Gasteiger partial charge < -0.3 is 10.1 Å². The zero-order chi connectivity index (χ0) is 13.8. The fraction of sp³-hybridized carbons (Fsp3) is 0.438. The van der Waals surface area contributed by atoms with Gasteiger partial charge in [-0.15, -0.1) is 11.3 Å². The molecule has 1 aliphatic rings. The van der Waals surface area contributed by atoms with Gasteiger partial charge in [0.2, 0.25) is 0 Å². The van der Waals surface area contributed by atoms with Crippen LogP contribution in [-0.2, 0) is 4.74 Å². The zero-order valence-corrected chi connectivity index (χ0v) is 12.5. The number of rotatable bonds is 7. The Morgan fingerprint density at radius 2 is 2.25 bits per heavy atom. The van der Waals surface area contributed by atoms with Gasteiger partial charge >= 0.3 is 0 Å². The molecule has 0 amide bonds. The maximum Gasteiger partial charge on any atom is 0.114 e. The maximum atomic E-state index is 5.16. The van der Waals surface area contributed by atoms with Crippen LogP contribution in [0.15, 0.2) is 35.8 Å². The van der Waals surface area contributed by atoms with Crippen molar-refractivity contribution in [2.24, 2.45) is 0 Å². The van der Waals surface area contributed by atoms with Crippen molar-refractivity contribution in [1.29, 1.82) is 0 Å². The van der Waals surface area contributed by atoms with Crippen LogP contribution in [0.2, 0.25) is 0 Å². The number of ether oxygens (including phenoxy) is 1. The molecule has 1 saturated carbocycles. The molecule has 0 aliphatic heterocycles. The number of thiazole rings is 1. The third-order valence-electron chi connectivity index (χ3n) is 3.68. The summed E-state index contributed by atoms with van der Waals surface area (Å²) in [7, 11) is 1.73. The van der Waals surface area contributed by atoms with Gasteiger partial charge in [0.1, 0.15) is 5.01 Å². The highest BCUT2D eigenvalue weighted by Crippen LogP contribution is 2.43. The van der Waals surface area contributed by atoms with Gasteiger partial charge in [-0.2, -0.15) is 0 Å². The molecule has 1 heterocycles. The summed E-state index contributed by atoms with van der Waals surface area (Å²) in [5.74, 6) is 0.748. The van der Waals surface area contributed by atoms with Crippen molar-refractivity contribution in [3.8, 4) is 0 Å². The van der Waals surface area contributed by atoms with Crippen molar-refractivity contribution < 1.29 is 4.74 Å². The highest BCUT2D eigenvalue weighted by molar-refractivity contribution is 7.09. The van der Waals surface area contributed by atoms with Crippen molar-refractivity contribution in [2.75, 3.05) is 20.3 Å². The first-order chi connectivity index (χ1) is 9.90. The predicted octanol–water partition coefficient (Wildman–Crippen LogP) is 3.35. The summed E-state index contributed by atoms with van der Waals surface area (Å²) in [6.45, 7) is 1.55. The van der Waals surface area contributed by atoms with E-state index in [1.807, 2.05) is 11.6 Å². The summed E-state index contributed by atoms with van der Waals surface area (Å²) in [4.78, 5) is 4.51. The lowest BCUT2D eigenvalue weighted by molar-refractivity contribution is 0.197. The van der Waals surface area contributed by atoms with Gasteiger partial charge in [-0.1, -0.05) is 24.3 Å². The van der Waals surface area contributed by atoms with Crippen molar-refractivity contribution in [2.45, 2.75) is 24.8 Å². The normalized spacial score (nSPS) is 16.2. The lowest BCUT2D eigenvalue weighted by Gasteiger charge is -2.20. The molecule has 0 saturated heterocycles. The summed E-state index contributed by atoms with van der Waals surface area (Å²) in [5, 5.41) is 6.76. The predicted molar refractivity (Wildman–Crippen MR) is 82.3 cm³/mol. The van der Waals surface area contributed by atoms with E-state index in [9.17, 15) is 0 Å². The molecule has 106 valence electrons. The molecule has 1 aliphatic carbocycles. The molecule has 1 atom stereocenters. The molecule has 3 nitrogen and oxygen atoms in total. The first-order valence-corrected chi connectivity index (χ1v) is 7.98. The van der Waals surface area contributed by atoms with E-state index in [2.05, 4.69) is 34.6 Å². The van der Waals surface area contributed by atoms with Gasteiger partial charge in [0.25, 0.3) is 0 Å². The number of hydrogen-bond donors (Lipinski definition) is 1. The Morgan fingerprint density at radius 3 is 2.95 bits per heavy atom. The quantitative estimate of drug-likeness (QED) is 0.793. The number of benzene rings is 1. The largest absolute Gasteiger partial charge is 0.383 e. The van der Waals surface area contributed by atoms with Crippen molar-refractivity contribution in [1.82, 2.24) is 10.3 Å². The van der Waals surface area contributed by atoms with E-state index in [1.54, 1.807) is 18.4 Å². The molecule has 4 heteroatoms. The molecule has 1 unspecified atom stereocenters. The van der Waals surface area contributed by atoms with Crippen LogP contribution in [0.3, 0.4) is 0 Å². The Bertz CT molecular complexity index is 537. The SMILES string of the molecule is COCCNC(c1nccs1)c1ccccc1C1CC1. The second kappa shape index (κ2) is 6.48. The number of nitrogens with one attached hydrogen (secondary N) is 1. The molecule has 3 rings (SSSR count). The van der Waals surface area contributed by atoms with Crippen LogP contribution in [0, 0.1) is 0 Å². The first kappa shape index (κ1) is 13.7. The van der Waals surface area contributed by atoms with Crippen LogP contribution >= 0.6 is 11.3 Å². The zero-order valence-electron chi connectivity index (χ0n) is 11.7. The molecule has 1 N–H and O–H groups in total. The monoisotopic (exact) mass is 288 g/mol. The van der Waals surface area contributed by atoms with Gasteiger partial charge in [-0.25, -0.2) is 4.98 Å². The van der Waals surface area contributed by atoms with Crippen molar-refractivity contribution in [3.63, 3.8) is 0 Å². The van der Waals surface area contributed by atoms with Gasteiger partial charge in [0.05, 0.1) is 12.6 Å². The summed E-state index contributed by atoms with van der Waals surface area (Å²) >= 11 is 1.71. The maximum absolute atomic E-state index is 5.16. The fourth-order valence-electron chi connectivity index (χ4n) is 2.55. The average Bonchev–Trinajstić information content (AvgIpc) is 3.19. The Morgan fingerprint density at radius 1 is 1.40 bits per heavy atom. The number of methoxy groups -OCH3 is 1. The Kier molecular flexibility index (Phi) is 4.45. The number of nitrogens with zero attached hydrogens (tertiary/aromatic N) is 1. The van der Waals surface area contributed by atoms with E-state index in [0.717, 1.165) is 17.5 Å². The summed E-state index contributed by atoms with van der Waals surface area (Å²) in [6.07, 6.45) is 4.52. The van der Waals surface area contributed by atoms with Crippen LogP contribution in [0.25, 0.3) is 0 Å². The minimum atomic E-state index is 0.182. The van der Waals surface area contributed by atoms with E-state index >= 15 is 0 Å². The third kappa shape index (κ3) is 3.08. The molecular weight excluding hydrogens is 268 g/mol. The molecule has 20 heavy (non-hydrogen) atoms. The lowest BCUT2D eigenvalue weighted by atomic mass is 9.97. The molecular formula is C16H20N2OS. The molecule has 1 aromatic carbocycles. The second-order valence-corrected chi connectivity index (χ2v) is 6.08. The van der Waals surface area contributed by atoms with E-state index in [4.69, 9.17) is 4.74 Å². The summed E-state index contributed by atoms with van der Waals surface area (Å²) in [5.41, 5.74) is 2.86. The van der Waals surface area contributed by atoms with Crippen molar-refractivity contribution >= 4 is 11.3 Å².